The topological polar surface area (TPSA) is 64.1 Å². The first-order chi connectivity index (χ1) is 12.3. The van der Waals surface area contributed by atoms with Gasteiger partial charge in [-0.15, -0.1) is 0 Å². The van der Waals surface area contributed by atoms with Gasteiger partial charge in [-0.2, -0.15) is 0 Å². The van der Waals surface area contributed by atoms with Crippen molar-refractivity contribution in [2.75, 3.05) is 60.4 Å². The molecular weight excluding hydrogens is 334 g/mol. The van der Waals surface area contributed by atoms with Crippen LogP contribution in [0.1, 0.15) is 66.2 Å². The molecule has 0 aromatic carbocycles. The largest absolute Gasteiger partial charge is 0.330 e. The molecular formula is C22H51N5+2. The van der Waals surface area contributed by atoms with Crippen LogP contribution in [0.2, 0.25) is 0 Å². The SMILES string of the molecule is CC1(C)CC([N+](C)(C)CCCC[N+](C)(CCCN)CCCN)CC(C)(C)N1. The first-order valence-electron chi connectivity index (χ1n) is 11.2. The molecule has 1 rings (SSSR count). The van der Waals surface area contributed by atoms with E-state index in [1.165, 1.54) is 51.9 Å². The highest BCUT2D eigenvalue weighted by Crippen LogP contribution is 2.33. The molecule has 0 amide bonds. The summed E-state index contributed by atoms with van der Waals surface area (Å²) in [6.45, 7) is 15.9. The van der Waals surface area contributed by atoms with Crippen molar-refractivity contribution in [2.24, 2.45) is 11.5 Å². The standard InChI is InChI=1S/C22H51N5/c1-21(2)18-20(19-22(3,4)25-21)26(5,6)14-8-9-15-27(7,16-10-12-23)17-11-13-24/h20,25H,8-19,23-24H2,1-7H3/q+2. The number of unbranched alkanes of at least 4 members (excludes halogenated alkanes) is 1. The molecule has 0 radical (unpaired) electrons. The first-order valence-corrected chi connectivity index (χ1v) is 11.2. The molecule has 5 N–H and O–H groups in total. The minimum atomic E-state index is 0.224. The van der Waals surface area contributed by atoms with E-state index in [1.807, 2.05) is 0 Å². The van der Waals surface area contributed by atoms with E-state index in [0.29, 0.717) is 0 Å². The summed E-state index contributed by atoms with van der Waals surface area (Å²) in [5.74, 6) is 0. The molecule has 1 heterocycles. The van der Waals surface area contributed by atoms with Gasteiger partial charge in [0.15, 0.2) is 0 Å². The Labute approximate surface area is 170 Å². The summed E-state index contributed by atoms with van der Waals surface area (Å²) >= 11 is 0. The van der Waals surface area contributed by atoms with E-state index >= 15 is 0 Å². The highest BCUT2D eigenvalue weighted by atomic mass is 15.3. The van der Waals surface area contributed by atoms with E-state index in [4.69, 9.17) is 11.5 Å². The minimum Gasteiger partial charge on any atom is -0.330 e. The lowest BCUT2D eigenvalue weighted by Gasteiger charge is -2.51. The fourth-order valence-corrected chi connectivity index (χ4v) is 5.24. The van der Waals surface area contributed by atoms with E-state index in [0.717, 1.165) is 40.9 Å². The third-order valence-electron chi connectivity index (χ3n) is 6.64. The predicted octanol–water partition coefficient (Wildman–Crippen LogP) is 2.30. The Balaban J connectivity index is 2.55. The van der Waals surface area contributed by atoms with E-state index in [1.54, 1.807) is 0 Å². The van der Waals surface area contributed by atoms with Crippen molar-refractivity contribution in [3.05, 3.63) is 0 Å². The van der Waals surface area contributed by atoms with E-state index in [-0.39, 0.29) is 11.1 Å². The maximum absolute atomic E-state index is 5.76. The Bertz CT molecular complexity index is 406. The molecule has 0 bridgehead atoms. The second-order valence-corrected chi connectivity index (χ2v) is 11.2. The van der Waals surface area contributed by atoms with Crippen LogP contribution in [0.25, 0.3) is 0 Å². The van der Waals surface area contributed by atoms with Crippen LogP contribution in [0, 0.1) is 0 Å². The Hall–Kier alpha value is -0.200. The van der Waals surface area contributed by atoms with Gasteiger partial charge in [-0.25, -0.2) is 0 Å². The first kappa shape index (κ1) is 24.8. The highest BCUT2D eigenvalue weighted by Gasteiger charge is 2.44. The second kappa shape index (κ2) is 10.0. The van der Waals surface area contributed by atoms with Gasteiger partial charge < -0.3 is 25.8 Å². The monoisotopic (exact) mass is 385 g/mol. The van der Waals surface area contributed by atoms with Gasteiger partial charge in [-0.1, -0.05) is 0 Å². The van der Waals surface area contributed by atoms with Crippen molar-refractivity contribution in [3.63, 3.8) is 0 Å². The van der Waals surface area contributed by atoms with Crippen LogP contribution < -0.4 is 16.8 Å². The van der Waals surface area contributed by atoms with Gasteiger partial charge in [0.05, 0.1) is 53.4 Å². The summed E-state index contributed by atoms with van der Waals surface area (Å²) in [7, 11) is 7.28. The number of nitrogens with two attached hydrogens (primary N) is 2. The van der Waals surface area contributed by atoms with Gasteiger partial charge in [0.1, 0.15) is 0 Å². The van der Waals surface area contributed by atoms with Crippen LogP contribution in [0.4, 0.5) is 0 Å². The zero-order valence-corrected chi connectivity index (χ0v) is 19.6. The molecule has 5 heteroatoms. The molecule has 1 aliphatic heterocycles. The Morgan fingerprint density at radius 1 is 0.741 bits per heavy atom. The molecule has 0 aromatic rings. The van der Waals surface area contributed by atoms with Crippen LogP contribution in [-0.4, -0.2) is 86.5 Å². The lowest BCUT2D eigenvalue weighted by molar-refractivity contribution is -0.920. The van der Waals surface area contributed by atoms with Crippen molar-refractivity contribution in [3.8, 4) is 0 Å². The maximum atomic E-state index is 5.76. The molecule has 1 saturated heterocycles. The average molecular weight is 386 g/mol. The molecule has 0 atom stereocenters. The Kier molecular flexibility index (Phi) is 9.22. The maximum Gasteiger partial charge on any atom is 0.0921 e. The summed E-state index contributed by atoms with van der Waals surface area (Å²) < 4.78 is 2.28. The zero-order chi connectivity index (χ0) is 20.8. The van der Waals surface area contributed by atoms with Gasteiger partial charge >= 0.3 is 0 Å². The fourth-order valence-electron chi connectivity index (χ4n) is 5.24. The number of hydrogen-bond donors (Lipinski definition) is 3. The number of nitrogens with one attached hydrogen (secondary N) is 1. The molecule has 1 aliphatic rings. The van der Waals surface area contributed by atoms with Crippen molar-refractivity contribution in [1.82, 2.24) is 5.32 Å². The summed E-state index contributed by atoms with van der Waals surface area (Å²) in [5.41, 5.74) is 12.0. The van der Waals surface area contributed by atoms with Gasteiger partial charge in [-0.3, -0.25) is 0 Å². The average Bonchev–Trinajstić information content (AvgIpc) is 2.52. The Morgan fingerprint density at radius 3 is 1.59 bits per heavy atom. The van der Waals surface area contributed by atoms with E-state index < -0.39 is 0 Å². The van der Waals surface area contributed by atoms with Crippen LogP contribution >= 0.6 is 0 Å². The van der Waals surface area contributed by atoms with Crippen LogP contribution in [0.3, 0.4) is 0 Å². The normalized spacial score (nSPS) is 20.8. The van der Waals surface area contributed by atoms with E-state index in [9.17, 15) is 0 Å². The van der Waals surface area contributed by atoms with Crippen LogP contribution in [-0.2, 0) is 0 Å². The summed E-state index contributed by atoms with van der Waals surface area (Å²) in [5, 5.41) is 3.83. The fraction of sp³-hybridized carbons (Fsp3) is 1.00. The van der Waals surface area contributed by atoms with Crippen molar-refractivity contribution < 1.29 is 8.97 Å². The Morgan fingerprint density at radius 2 is 1.15 bits per heavy atom. The quantitative estimate of drug-likeness (QED) is 0.357. The number of rotatable bonds is 12. The van der Waals surface area contributed by atoms with Gasteiger partial charge in [-0.05, 0) is 40.8 Å². The number of quaternary nitrogens is 2. The highest BCUT2D eigenvalue weighted by molar-refractivity contribution is 4.97. The van der Waals surface area contributed by atoms with Gasteiger partial charge in [0, 0.05) is 49.6 Å². The molecule has 0 saturated carbocycles. The summed E-state index contributed by atoms with van der Waals surface area (Å²) in [6.07, 6.45) is 7.33. The molecule has 0 aromatic heterocycles. The second-order valence-electron chi connectivity index (χ2n) is 11.2. The zero-order valence-electron chi connectivity index (χ0n) is 19.6. The molecule has 27 heavy (non-hydrogen) atoms. The number of nitrogens with zero attached hydrogens (tertiary/aromatic N) is 2. The molecule has 162 valence electrons. The van der Waals surface area contributed by atoms with Gasteiger partial charge in [0.2, 0.25) is 0 Å². The number of piperidine rings is 1. The molecule has 5 nitrogen and oxygen atoms in total. The molecule has 0 spiro atoms. The van der Waals surface area contributed by atoms with Crippen molar-refractivity contribution >= 4 is 0 Å². The summed E-state index contributed by atoms with van der Waals surface area (Å²) in [4.78, 5) is 0. The van der Waals surface area contributed by atoms with Crippen LogP contribution in [0.15, 0.2) is 0 Å². The lowest BCUT2D eigenvalue weighted by Crippen LogP contribution is -2.65. The lowest BCUT2D eigenvalue weighted by atomic mass is 9.78. The van der Waals surface area contributed by atoms with E-state index in [2.05, 4.69) is 54.2 Å². The third kappa shape index (κ3) is 8.78. The van der Waals surface area contributed by atoms with Gasteiger partial charge in [0.25, 0.3) is 0 Å². The molecule has 0 unspecified atom stereocenters. The number of hydrogen-bond acceptors (Lipinski definition) is 3. The van der Waals surface area contributed by atoms with Crippen molar-refractivity contribution in [2.45, 2.75) is 83.3 Å². The predicted molar refractivity (Wildman–Crippen MR) is 119 cm³/mol. The van der Waals surface area contributed by atoms with Crippen LogP contribution in [0.5, 0.6) is 0 Å². The smallest absolute Gasteiger partial charge is 0.0921 e. The van der Waals surface area contributed by atoms with Crippen molar-refractivity contribution in [1.29, 1.82) is 0 Å². The minimum absolute atomic E-state index is 0.224. The molecule has 0 aliphatic carbocycles. The third-order valence-corrected chi connectivity index (χ3v) is 6.64. The molecule has 1 fully saturated rings. The summed E-state index contributed by atoms with van der Waals surface area (Å²) in [6, 6.07) is 0.728.